The van der Waals surface area contributed by atoms with Crippen LogP contribution in [0.25, 0.3) is 0 Å². The molecular weight excluding hydrogens is 130 g/mol. The zero-order valence-electron chi connectivity index (χ0n) is 5.89. The summed E-state index contributed by atoms with van der Waals surface area (Å²) < 4.78 is 5.16. The molecule has 0 bridgehead atoms. The van der Waals surface area contributed by atoms with Gasteiger partial charge in [-0.2, -0.15) is 0 Å². The van der Waals surface area contributed by atoms with Crippen LogP contribution in [0.15, 0.2) is 11.3 Å². The summed E-state index contributed by atoms with van der Waals surface area (Å²) in [5, 5.41) is 0. The van der Waals surface area contributed by atoms with Crippen LogP contribution in [0, 0.1) is 0 Å². The van der Waals surface area contributed by atoms with E-state index in [0.717, 1.165) is 5.70 Å². The van der Waals surface area contributed by atoms with Gasteiger partial charge in [-0.1, -0.05) is 0 Å². The minimum absolute atomic E-state index is 0.202. The van der Waals surface area contributed by atoms with Crippen molar-refractivity contribution in [1.82, 2.24) is 4.90 Å². The summed E-state index contributed by atoms with van der Waals surface area (Å²) in [5.74, 6) is 0.202. The van der Waals surface area contributed by atoms with Crippen LogP contribution in [0.1, 0.15) is 6.42 Å². The molecule has 0 aromatic heterocycles. The summed E-state index contributed by atoms with van der Waals surface area (Å²) in [5.41, 5.74) is 2.26. The first kappa shape index (κ1) is 5.92. The van der Waals surface area contributed by atoms with Crippen molar-refractivity contribution in [2.45, 2.75) is 6.42 Å². The van der Waals surface area contributed by atoms with Crippen molar-refractivity contribution in [3.63, 3.8) is 0 Å². The average molecular weight is 139 g/mol. The van der Waals surface area contributed by atoms with Crippen LogP contribution in [0.5, 0.6) is 0 Å². The van der Waals surface area contributed by atoms with Crippen LogP contribution >= 0.6 is 0 Å². The standard InChI is InChI=1S/C7H9NO2/c1-8-6-4-10-3-5(6)2-7(8)9/h2-4H2,1H3. The fourth-order valence-corrected chi connectivity index (χ4v) is 1.39. The normalized spacial score (nSPS) is 24.5. The molecule has 3 nitrogen and oxygen atoms in total. The molecule has 54 valence electrons. The summed E-state index contributed by atoms with van der Waals surface area (Å²) in [6.45, 7) is 1.28. The Kier molecular flexibility index (Phi) is 1.08. The van der Waals surface area contributed by atoms with Crippen molar-refractivity contribution in [1.29, 1.82) is 0 Å². The van der Waals surface area contributed by atoms with E-state index in [1.807, 2.05) is 0 Å². The van der Waals surface area contributed by atoms with Crippen LogP contribution in [0.4, 0.5) is 0 Å². The molecule has 0 spiro atoms. The topological polar surface area (TPSA) is 29.5 Å². The van der Waals surface area contributed by atoms with E-state index in [2.05, 4.69) is 0 Å². The summed E-state index contributed by atoms with van der Waals surface area (Å²) in [7, 11) is 1.80. The molecule has 2 rings (SSSR count). The van der Waals surface area contributed by atoms with E-state index in [0.29, 0.717) is 19.6 Å². The van der Waals surface area contributed by atoms with E-state index in [-0.39, 0.29) is 5.91 Å². The Morgan fingerprint density at radius 1 is 1.50 bits per heavy atom. The summed E-state index contributed by atoms with van der Waals surface area (Å²) in [6, 6.07) is 0. The summed E-state index contributed by atoms with van der Waals surface area (Å²) in [4.78, 5) is 12.7. The highest BCUT2D eigenvalue weighted by molar-refractivity contribution is 5.84. The van der Waals surface area contributed by atoms with E-state index < -0.39 is 0 Å². The number of nitrogens with zero attached hydrogens (tertiary/aromatic N) is 1. The second-order valence-corrected chi connectivity index (χ2v) is 2.67. The van der Waals surface area contributed by atoms with Crippen LogP contribution < -0.4 is 0 Å². The summed E-state index contributed by atoms with van der Waals surface area (Å²) >= 11 is 0. The van der Waals surface area contributed by atoms with Gasteiger partial charge in [0.1, 0.15) is 0 Å². The van der Waals surface area contributed by atoms with Crippen LogP contribution in [-0.4, -0.2) is 31.1 Å². The second-order valence-electron chi connectivity index (χ2n) is 2.67. The van der Waals surface area contributed by atoms with Crippen LogP contribution in [0.2, 0.25) is 0 Å². The van der Waals surface area contributed by atoms with Crippen molar-refractivity contribution >= 4 is 5.91 Å². The van der Waals surface area contributed by atoms with Gasteiger partial charge in [0.05, 0.1) is 19.6 Å². The van der Waals surface area contributed by atoms with Crippen molar-refractivity contribution < 1.29 is 9.53 Å². The largest absolute Gasteiger partial charge is 0.371 e. The number of likely N-dealkylation sites (N-methyl/N-ethyl adjacent to an activating group) is 1. The Labute approximate surface area is 59.3 Å². The first-order valence-corrected chi connectivity index (χ1v) is 3.34. The number of ether oxygens (including phenoxy) is 1. The molecule has 0 saturated heterocycles. The summed E-state index contributed by atoms with van der Waals surface area (Å²) in [6.07, 6.45) is 0.575. The van der Waals surface area contributed by atoms with E-state index >= 15 is 0 Å². The van der Waals surface area contributed by atoms with Gasteiger partial charge in [-0.05, 0) is 5.57 Å². The smallest absolute Gasteiger partial charge is 0.230 e. The SMILES string of the molecule is CN1C(=O)CC2=C1COC2. The van der Waals surface area contributed by atoms with Gasteiger partial charge in [0.2, 0.25) is 5.91 Å². The molecule has 3 heteroatoms. The van der Waals surface area contributed by atoms with E-state index in [9.17, 15) is 4.79 Å². The lowest BCUT2D eigenvalue weighted by Crippen LogP contribution is -2.21. The van der Waals surface area contributed by atoms with Gasteiger partial charge in [0, 0.05) is 12.7 Å². The van der Waals surface area contributed by atoms with Crippen molar-refractivity contribution in [2.24, 2.45) is 0 Å². The van der Waals surface area contributed by atoms with E-state index in [1.54, 1.807) is 11.9 Å². The minimum Gasteiger partial charge on any atom is -0.371 e. The molecule has 0 radical (unpaired) electrons. The Hall–Kier alpha value is -0.830. The molecule has 2 aliphatic heterocycles. The highest BCUT2D eigenvalue weighted by atomic mass is 16.5. The lowest BCUT2D eigenvalue weighted by Gasteiger charge is -2.11. The maximum Gasteiger partial charge on any atom is 0.230 e. The first-order chi connectivity index (χ1) is 4.79. The third kappa shape index (κ3) is 0.609. The number of hydrogen-bond acceptors (Lipinski definition) is 2. The average Bonchev–Trinajstić information content (AvgIpc) is 2.41. The number of amides is 1. The maximum atomic E-state index is 11.0. The Bertz CT molecular complexity index is 220. The molecule has 0 aromatic carbocycles. The fraction of sp³-hybridized carbons (Fsp3) is 0.571. The Balaban J connectivity index is 2.30. The molecular formula is C7H9NO2. The molecule has 10 heavy (non-hydrogen) atoms. The lowest BCUT2D eigenvalue weighted by molar-refractivity contribution is -0.126. The molecule has 0 aliphatic carbocycles. The molecule has 0 atom stereocenters. The number of carbonyl (C=O) groups excluding carboxylic acids is 1. The van der Waals surface area contributed by atoms with Gasteiger partial charge in [-0.25, -0.2) is 0 Å². The van der Waals surface area contributed by atoms with Gasteiger partial charge >= 0.3 is 0 Å². The Morgan fingerprint density at radius 2 is 2.30 bits per heavy atom. The van der Waals surface area contributed by atoms with E-state index in [1.165, 1.54) is 5.57 Å². The number of hydrogen-bond donors (Lipinski definition) is 0. The quantitative estimate of drug-likeness (QED) is 0.477. The zero-order valence-corrected chi connectivity index (χ0v) is 5.89. The molecule has 0 fully saturated rings. The zero-order chi connectivity index (χ0) is 7.14. The van der Waals surface area contributed by atoms with Crippen molar-refractivity contribution in [3.8, 4) is 0 Å². The number of rotatable bonds is 0. The predicted molar refractivity (Wildman–Crippen MR) is 35.2 cm³/mol. The molecule has 1 amide bonds. The fourth-order valence-electron chi connectivity index (χ4n) is 1.39. The Morgan fingerprint density at radius 3 is 3.00 bits per heavy atom. The molecule has 2 heterocycles. The van der Waals surface area contributed by atoms with Crippen molar-refractivity contribution in [2.75, 3.05) is 20.3 Å². The highest BCUT2D eigenvalue weighted by Crippen LogP contribution is 2.27. The van der Waals surface area contributed by atoms with E-state index in [4.69, 9.17) is 4.74 Å². The highest BCUT2D eigenvalue weighted by Gasteiger charge is 2.30. The second kappa shape index (κ2) is 1.83. The minimum atomic E-state index is 0.202. The molecule has 2 aliphatic rings. The van der Waals surface area contributed by atoms with Gasteiger partial charge < -0.3 is 9.64 Å². The van der Waals surface area contributed by atoms with Gasteiger partial charge in [0.15, 0.2) is 0 Å². The first-order valence-electron chi connectivity index (χ1n) is 3.34. The number of carbonyl (C=O) groups is 1. The monoisotopic (exact) mass is 139 g/mol. The third-order valence-corrected chi connectivity index (χ3v) is 2.07. The van der Waals surface area contributed by atoms with Gasteiger partial charge in [0.25, 0.3) is 0 Å². The van der Waals surface area contributed by atoms with Crippen LogP contribution in [-0.2, 0) is 9.53 Å². The molecule has 0 saturated carbocycles. The van der Waals surface area contributed by atoms with Crippen LogP contribution in [0.3, 0.4) is 0 Å². The third-order valence-electron chi connectivity index (χ3n) is 2.07. The van der Waals surface area contributed by atoms with Gasteiger partial charge in [-0.15, -0.1) is 0 Å². The molecule has 0 N–H and O–H groups in total. The lowest BCUT2D eigenvalue weighted by atomic mass is 10.2. The molecule has 0 unspecified atom stereocenters. The van der Waals surface area contributed by atoms with Gasteiger partial charge in [-0.3, -0.25) is 4.79 Å². The molecule has 0 aromatic rings. The predicted octanol–water partition coefficient (Wildman–Crippen LogP) is 0.133. The maximum absolute atomic E-state index is 11.0. The van der Waals surface area contributed by atoms with Crippen molar-refractivity contribution in [3.05, 3.63) is 11.3 Å².